The second-order valence-corrected chi connectivity index (χ2v) is 7.01. The van der Waals surface area contributed by atoms with E-state index in [1.807, 2.05) is 36.5 Å². The Morgan fingerprint density at radius 1 is 1.12 bits per heavy atom. The summed E-state index contributed by atoms with van der Waals surface area (Å²) in [5.74, 6) is 0. The Hall–Kier alpha value is -1.97. The molecular weight excluding hydrogens is 353 g/mol. The minimum absolute atomic E-state index is 0.655. The van der Waals surface area contributed by atoms with E-state index < -0.39 is 0 Å². The van der Waals surface area contributed by atoms with Crippen molar-refractivity contribution < 1.29 is 0 Å². The predicted octanol–water partition coefficient (Wildman–Crippen LogP) is 5.92. The minimum Gasteiger partial charge on any atom is -0.366 e. The Bertz CT molecular complexity index is 928. The van der Waals surface area contributed by atoms with Crippen LogP contribution in [0.3, 0.4) is 0 Å². The van der Waals surface area contributed by atoms with Crippen LogP contribution in [0.2, 0.25) is 10.0 Å². The molecule has 0 aliphatic carbocycles. The van der Waals surface area contributed by atoms with Crippen LogP contribution in [0.25, 0.3) is 10.9 Å². The molecule has 3 aromatic rings. The molecule has 2 aromatic carbocycles. The number of halogens is 2. The van der Waals surface area contributed by atoms with Crippen molar-refractivity contribution >= 4 is 46.1 Å². The van der Waals surface area contributed by atoms with E-state index in [-0.39, 0.29) is 0 Å². The molecule has 0 unspecified atom stereocenters. The first-order valence-corrected chi connectivity index (χ1v) is 9.01. The first kappa shape index (κ1) is 17.8. The molecule has 0 atom stereocenters. The van der Waals surface area contributed by atoms with Gasteiger partial charge in [0.05, 0.1) is 12.0 Å². The Balaban J connectivity index is 1.94. The van der Waals surface area contributed by atoms with Crippen molar-refractivity contribution in [2.24, 2.45) is 4.99 Å². The number of nitrogens with zero attached hydrogens (tertiary/aromatic N) is 3. The lowest BCUT2D eigenvalue weighted by Crippen LogP contribution is -2.14. The molecule has 0 aliphatic heterocycles. The first-order valence-electron chi connectivity index (χ1n) is 8.26. The monoisotopic (exact) mass is 373 g/mol. The van der Waals surface area contributed by atoms with E-state index in [1.54, 1.807) is 6.07 Å². The third-order valence-electron chi connectivity index (χ3n) is 4.34. The third kappa shape index (κ3) is 4.00. The summed E-state index contributed by atoms with van der Waals surface area (Å²) in [4.78, 5) is 6.57. The lowest BCUT2D eigenvalue weighted by Gasteiger charge is -2.11. The number of aryl methyl sites for hydroxylation is 1. The van der Waals surface area contributed by atoms with Gasteiger partial charge in [0.25, 0.3) is 0 Å². The molecule has 0 aliphatic rings. The molecule has 1 heterocycles. The van der Waals surface area contributed by atoms with Gasteiger partial charge in [-0.25, -0.2) is 4.99 Å². The summed E-state index contributed by atoms with van der Waals surface area (Å²) in [6.07, 6.45) is 1.86. The zero-order valence-electron chi connectivity index (χ0n) is 14.6. The standard InChI is InChI=1S/C20H21Cl2N3/c1-4-24(3)13-23-18-7-8-20-16(10-18)9-14(2)25(20)12-15-5-6-17(21)11-19(15)22/h5-11,13H,4,12H2,1-3H3/b23-13-. The van der Waals surface area contributed by atoms with Gasteiger partial charge in [-0.1, -0.05) is 29.3 Å². The van der Waals surface area contributed by atoms with Gasteiger partial charge in [0.15, 0.2) is 0 Å². The topological polar surface area (TPSA) is 20.5 Å². The van der Waals surface area contributed by atoms with E-state index in [4.69, 9.17) is 23.2 Å². The summed E-state index contributed by atoms with van der Waals surface area (Å²) in [6.45, 7) is 5.85. The summed E-state index contributed by atoms with van der Waals surface area (Å²) >= 11 is 12.3. The minimum atomic E-state index is 0.655. The average Bonchev–Trinajstić information content (AvgIpc) is 2.89. The smallest absolute Gasteiger partial charge is 0.0909 e. The Morgan fingerprint density at radius 3 is 2.64 bits per heavy atom. The van der Waals surface area contributed by atoms with Crippen LogP contribution < -0.4 is 0 Å². The predicted molar refractivity (Wildman–Crippen MR) is 109 cm³/mol. The van der Waals surface area contributed by atoms with E-state index in [0.717, 1.165) is 17.8 Å². The van der Waals surface area contributed by atoms with Gasteiger partial charge in [-0.3, -0.25) is 0 Å². The van der Waals surface area contributed by atoms with E-state index in [0.29, 0.717) is 16.6 Å². The lowest BCUT2D eigenvalue weighted by molar-refractivity contribution is 0.552. The number of benzene rings is 2. The molecule has 0 radical (unpaired) electrons. The highest BCUT2D eigenvalue weighted by molar-refractivity contribution is 6.35. The number of rotatable bonds is 5. The number of aromatic nitrogens is 1. The van der Waals surface area contributed by atoms with Crippen LogP contribution in [-0.4, -0.2) is 29.4 Å². The van der Waals surface area contributed by atoms with Crippen LogP contribution in [-0.2, 0) is 6.54 Å². The number of fused-ring (bicyclic) bond motifs is 1. The Morgan fingerprint density at radius 2 is 1.92 bits per heavy atom. The SMILES string of the molecule is CCN(C)/C=N\c1ccc2c(c1)cc(C)n2Cc1ccc(Cl)cc1Cl. The van der Waals surface area contributed by atoms with Gasteiger partial charge in [0, 0.05) is 46.8 Å². The van der Waals surface area contributed by atoms with E-state index >= 15 is 0 Å². The summed E-state index contributed by atoms with van der Waals surface area (Å²) in [5, 5.41) is 2.52. The van der Waals surface area contributed by atoms with Crippen molar-refractivity contribution in [1.29, 1.82) is 0 Å². The van der Waals surface area contributed by atoms with Gasteiger partial charge in [0.2, 0.25) is 0 Å². The molecule has 130 valence electrons. The average molecular weight is 374 g/mol. The van der Waals surface area contributed by atoms with Crippen LogP contribution in [0.4, 0.5) is 5.69 Å². The highest BCUT2D eigenvalue weighted by atomic mass is 35.5. The fraction of sp³-hybridized carbons (Fsp3) is 0.250. The molecule has 0 saturated carbocycles. The number of hydrogen-bond donors (Lipinski definition) is 0. The van der Waals surface area contributed by atoms with Crippen LogP contribution >= 0.6 is 23.2 Å². The maximum atomic E-state index is 6.34. The van der Waals surface area contributed by atoms with Crippen LogP contribution in [0.1, 0.15) is 18.2 Å². The number of hydrogen-bond acceptors (Lipinski definition) is 1. The van der Waals surface area contributed by atoms with Crippen LogP contribution in [0.15, 0.2) is 47.5 Å². The molecule has 0 saturated heterocycles. The molecule has 0 fully saturated rings. The van der Waals surface area contributed by atoms with E-state index in [1.165, 1.54) is 16.6 Å². The largest absolute Gasteiger partial charge is 0.366 e. The molecule has 5 heteroatoms. The molecule has 0 amide bonds. The summed E-state index contributed by atoms with van der Waals surface area (Å²) in [5.41, 5.74) is 4.37. The van der Waals surface area contributed by atoms with Crippen molar-refractivity contribution in [3.8, 4) is 0 Å². The van der Waals surface area contributed by atoms with Gasteiger partial charge in [-0.15, -0.1) is 0 Å². The quantitative estimate of drug-likeness (QED) is 0.401. The molecule has 0 bridgehead atoms. The van der Waals surface area contributed by atoms with Gasteiger partial charge >= 0.3 is 0 Å². The van der Waals surface area contributed by atoms with Gasteiger partial charge in [-0.05, 0) is 55.8 Å². The molecule has 1 aromatic heterocycles. The summed E-state index contributed by atoms with van der Waals surface area (Å²) in [6, 6.07) is 14.1. The Labute approximate surface area is 158 Å². The highest BCUT2D eigenvalue weighted by Crippen LogP contribution is 2.28. The molecule has 0 N–H and O–H groups in total. The Kier molecular flexibility index (Phi) is 5.36. The van der Waals surface area contributed by atoms with Gasteiger partial charge in [-0.2, -0.15) is 0 Å². The molecule has 3 rings (SSSR count). The fourth-order valence-electron chi connectivity index (χ4n) is 2.75. The first-order chi connectivity index (χ1) is 12.0. The maximum absolute atomic E-state index is 6.34. The van der Waals surface area contributed by atoms with E-state index in [2.05, 4.69) is 41.6 Å². The van der Waals surface area contributed by atoms with Crippen molar-refractivity contribution in [3.05, 3.63) is 63.8 Å². The van der Waals surface area contributed by atoms with Crippen LogP contribution in [0.5, 0.6) is 0 Å². The molecular formula is C20H21Cl2N3. The van der Waals surface area contributed by atoms with Gasteiger partial charge < -0.3 is 9.47 Å². The molecule has 3 nitrogen and oxygen atoms in total. The van der Waals surface area contributed by atoms with E-state index in [9.17, 15) is 0 Å². The third-order valence-corrected chi connectivity index (χ3v) is 4.93. The zero-order valence-corrected chi connectivity index (χ0v) is 16.1. The van der Waals surface area contributed by atoms with Crippen LogP contribution in [0, 0.1) is 6.92 Å². The van der Waals surface area contributed by atoms with Gasteiger partial charge in [0.1, 0.15) is 0 Å². The lowest BCUT2D eigenvalue weighted by atomic mass is 10.2. The second kappa shape index (κ2) is 7.51. The van der Waals surface area contributed by atoms with Crippen molar-refractivity contribution in [2.75, 3.05) is 13.6 Å². The molecule has 0 spiro atoms. The van der Waals surface area contributed by atoms with Crippen molar-refractivity contribution in [2.45, 2.75) is 20.4 Å². The van der Waals surface area contributed by atoms with Crippen molar-refractivity contribution in [1.82, 2.24) is 9.47 Å². The normalized spacial score (nSPS) is 11.6. The fourth-order valence-corrected chi connectivity index (χ4v) is 3.22. The molecule has 25 heavy (non-hydrogen) atoms. The zero-order chi connectivity index (χ0) is 18.0. The summed E-state index contributed by atoms with van der Waals surface area (Å²) in [7, 11) is 2.01. The summed E-state index contributed by atoms with van der Waals surface area (Å²) < 4.78 is 2.26. The maximum Gasteiger partial charge on any atom is 0.0909 e. The highest BCUT2D eigenvalue weighted by Gasteiger charge is 2.09. The van der Waals surface area contributed by atoms with Crippen molar-refractivity contribution in [3.63, 3.8) is 0 Å². The number of aliphatic imine (C=N–C) groups is 1. The second-order valence-electron chi connectivity index (χ2n) is 6.17.